The van der Waals surface area contributed by atoms with Gasteiger partial charge in [-0.3, -0.25) is 14.0 Å². The molecule has 0 aliphatic heterocycles. The Morgan fingerprint density at radius 3 is 2.90 bits per heavy atom. The Hall–Kier alpha value is -1.92. The Bertz CT molecular complexity index is 642. The number of likely N-dealkylation sites (N-methyl/N-ethyl adjacent to an activating group) is 1. The molecule has 2 aromatic heterocycles. The molecule has 1 amide bonds. The van der Waals surface area contributed by atoms with E-state index in [0.29, 0.717) is 18.7 Å². The number of fused-ring (bicyclic) bond motifs is 1. The molecule has 0 radical (unpaired) electrons. The molecule has 2 rings (SSSR count). The van der Waals surface area contributed by atoms with E-state index in [0.717, 1.165) is 6.54 Å². The molecule has 0 aliphatic carbocycles. The third-order valence-corrected chi connectivity index (χ3v) is 2.70. The number of aromatic nitrogens is 2. The standard InChI is InChI=1S/C13H16N4O2.ClH/c1-2-14-6-7-15-12(18)10-9-16-11-5-3-4-8-17(11)13(10)19;/h3-5,8-9,14H,2,6-7H2,1H3,(H,15,18);1H. The molecule has 2 N–H and O–H groups in total. The highest BCUT2D eigenvalue weighted by Gasteiger charge is 2.12. The van der Waals surface area contributed by atoms with E-state index in [1.165, 1.54) is 10.6 Å². The van der Waals surface area contributed by atoms with Gasteiger partial charge in [0.05, 0.1) is 0 Å². The number of hydrogen-bond acceptors (Lipinski definition) is 4. The van der Waals surface area contributed by atoms with Gasteiger partial charge in [-0.1, -0.05) is 13.0 Å². The Labute approximate surface area is 122 Å². The summed E-state index contributed by atoms with van der Waals surface area (Å²) in [5.41, 5.74) is 0.225. The van der Waals surface area contributed by atoms with Crippen LogP contribution in [0.2, 0.25) is 0 Å². The molecule has 7 heteroatoms. The second-order valence-corrected chi connectivity index (χ2v) is 4.02. The zero-order chi connectivity index (χ0) is 13.7. The molecule has 6 nitrogen and oxygen atoms in total. The molecule has 20 heavy (non-hydrogen) atoms. The molecule has 0 unspecified atom stereocenters. The molecule has 2 heterocycles. The second-order valence-electron chi connectivity index (χ2n) is 4.02. The first-order valence-corrected chi connectivity index (χ1v) is 6.19. The van der Waals surface area contributed by atoms with Gasteiger partial charge in [-0.15, -0.1) is 12.4 Å². The lowest BCUT2D eigenvalue weighted by atomic mass is 10.3. The summed E-state index contributed by atoms with van der Waals surface area (Å²) in [5.74, 6) is -0.395. The molecule has 2 aromatic rings. The maximum absolute atomic E-state index is 12.1. The van der Waals surface area contributed by atoms with Crippen molar-refractivity contribution < 1.29 is 4.79 Å². The summed E-state index contributed by atoms with van der Waals surface area (Å²) in [6, 6.07) is 5.23. The highest BCUT2D eigenvalue weighted by atomic mass is 35.5. The van der Waals surface area contributed by atoms with Crippen molar-refractivity contribution >= 4 is 24.0 Å². The van der Waals surface area contributed by atoms with Gasteiger partial charge in [0, 0.05) is 25.5 Å². The summed E-state index contributed by atoms with van der Waals surface area (Å²) >= 11 is 0. The summed E-state index contributed by atoms with van der Waals surface area (Å²) in [5, 5.41) is 5.77. The summed E-state index contributed by atoms with van der Waals surface area (Å²) in [6.07, 6.45) is 2.92. The number of halogens is 1. The third kappa shape index (κ3) is 3.55. The van der Waals surface area contributed by atoms with Crippen LogP contribution >= 0.6 is 12.4 Å². The Morgan fingerprint density at radius 2 is 2.15 bits per heavy atom. The van der Waals surface area contributed by atoms with E-state index in [2.05, 4.69) is 15.6 Å². The summed E-state index contributed by atoms with van der Waals surface area (Å²) < 4.78 is 1.36. The molecular weight excluding hydrogens is 280 g/mol. The Kier molecular flexibility index (Phi) is 6.14. The molecule has 0 atom stereocenters. The first kappa shape index (κ1) is 16.1. The van der Waals surface area contributed by atoms with E-state index in [4.69, 9.17) is 0 Å². The fraction of sp³-hybridized carbons (Fsp3) is 0.308. The number of amides is 1. The smallest absolute Gasteiger partial charge is 0.270 e. The molecular formula is C13H17ClN4O2. The van der Waals surface area contributed by atoms with E-state index in [9.17, 15) is 9.59 Å². The predicted octanol–water partition coefficient (Wildman–Crippen LogP) is 0.456. The van der Waals surface area contributed by atoms with Crippen molar-refractivity contribution in [2.45, 2.75) is 6.92 Å². The predicted molar refractivity (Wildman–Crippen MR) is 79.6 cm³/mol. The molecule has 0 spiro atoms. The molecule has 0 saturated heterocycles. The van der Waals surface area contributed by atoms with Crippen molar-refractivity contribution in [2.75, 3.05) is 19.6 Å². The maximum atomic E-state index is 12.1. The van der Waals surface area contributed by atoms with Gasteiger partial charge in [0.2, 0.25) is 0 Å². The van der Waals surface area contributed by atoms with E-state index >= 15 is 0 Å². The van der Waals surface area contributed by atoms with Crippen LogP contribution in [0, 0.1) is 0 Å². The third-order valence-electron chi connectivity index (χ3n) is 2.70. The Morgan fingerprint density at radius 1 is 1.35 bits per heavy atom. The van der Waals surface area contributed by atoms with Gasteiger partial charge >= 0.3 is 0 Å². The number of carbonyl (C=O) groups is 1. The Balaban J connectivity index is 0.00000200. The first-order valence-electron chi connectivity index (χ1n) is 6.19. The van der Waals surface area contributed by atoms with Crippen molar-refractivity contribution in [3.63, 3.8) is 0 Å². The van der Waals surface area contributed by atoms with Gasteiger partial charge in [0.25, 0.3) is 11.5 Å². The highest BCUT2D eigenvalue weighted by Crippen LogP contribution is 1.97. The van der Waals surface area contributed by atoms with Crippen LogP contribution in [0.25, 0.3) is 5.65 Å². The molecule has 0 saturated carbocycles. The molecule has 0 bridgehead atoms. The van der Waals surface area contributed by atoms with Crippen LogP contribution in [0.4, 0.5) is 0 Å². The molecule has 108 valence electrons. The number of rotatable bonds is 5. The van der Waals surface area contributed by atoms with Crippen molar-refractivity contribution in [1.29, 1.82) is 0 Å². The van der Waals surface area contributed by atoms with Gasteiger partial charge in [0.15, 0.2) is 0 Å². The average Bonchev–Trinajstić information content (AvgIpc) is 2.44. The highest BCUT2D eigenvalue weighted by molar-refractivity contribution is 5.93. The SMILES string of the molecule is CCNCCNC(=O)c1cnc2ccccn2c1=O.Cl. The van der Waals surface area contributed by atoms with Gasteiger partial charge < -0.3 is 10.6 Å². The minimum Gasteiger partial charge on any atom is -0.351 e. The first-order chi connectivity index (χ1) is 9.24. The zero-order valence-electron chi connectivity index (χ0n) is 11.1. The van der Waals surface area contributed by atoms with Crippen molar-refractivity contribution in [3.05, 3.63) is 46.5 Å². The number of nitrogens with one attached hydrogen (secondary N) is 2. The summed E-state index contributed by atoms with van der Waals surface area (Å²) in [4.78, 5) is 28.1. The summed E-state index contributed by atoms with van der Waals surface area (Å²) in [6.45, 7) is 3.98. The van der Waals surface area contributed by atoms with Crippen LogP contribution in [0.3, 0.4) is 0 Å². The number of nitrogens with zero attached hydrogens (tertiary/aromatic N) is 2. The largest absolute Gasteiger partial charge is 0.351 e. The fourth-order valence-electron chi connectivity index (χ4n) is 1.72. The fourth-order valence-corrected chi connectivity index (χ4v) is 1.72. The second kappa shape index (κ2) is 7.62. The van der Waals surface area contributed by atoms with Gasteiger partial charge in [-0.2, -0.15) is 0 Å². The van der Waals surface area contributed by atoms with Crippen LogP contribution in [0.15, 0.2) is 35.4 Å². The van der Waals surface area contributed by atoms with E-state index in [1.807, 2.05) is 6.92 Å². The lowest BCUT2D eigenvalue weighted by Gasteiger charge is -2.06. The maximum Gasteiger partial charge on any atom is 0.270 e. The molecule has 0 aromatic carbocycles. The lowest BCUT2D eigenvalue weighted by molar-refractivity contribution is 0.0952. The van der Waals surface area contributed by atoms with E-state index < -0.39 is 5.91 Å². The van der Waals surface area contributed by atoms with Gasteiger partial charge in [-0.05, 0) is 18.7 Å². The average molecular weight is 297 g/mol. The summed E-state index contributed by atoms with van der Waals surface area (Å²) in [7, 11) is 0. The van der Waals surface area contributed by atoms with Crippen LogP contribution in [0.1, 0.15) is 17.3 Å². The van der Waals surface area contributed by atoms with Crippen LogP contribution in [0.5, 0.6) is 0 Å². The van der Waals surface area contributed by atoms with Gasteiger partial charge in [0.1, 0.15) is 11.2 Å². The minimum absolute atomic E-state index is 0. The number of hydrogen-bond donors (Lipinski definition) is 2. The van der Waals surface area contributed by atoms with Crippen LogP contribution in [-0.4, -0.2) is 34.9 Å². The minimum atomic E-state index is -0.395. The van der Waals surface area contributed by atoms with Crippen LogP contribution in [-0.2, 0) is 0 Å². The zero-order valence-corrected chi connectivity index (χ0v) is 11.9. The normalized spacial score (nSPS) is 10.1. The van der Waals surface area contributed by atoms with Gasteiger partial charge in [-0.25, -0.2) is 4.98 Å². The van der Waals surface area contributed by atoms with E-state index in [-0.39, 0.29) is 23.5 Å². The molecule has 0 fully saturated rings. The van der Waals surface area contributed by atoms with Crippen molar-refractivity contribution in [3.8, 4) is 0 Å². The monoisotopic (exact) mass is 296 g/mol. The topological polar surface area (TPSA) is 75.5 Å². The number of pyridine rings is 1. The van der Waals surface area contributed by atoms with E-state index in [1.54, 1.807) is 24.4 Å². The quantitative estimate of drug-likeness (QED) is 0.786. The molecule has 0 aliphatic rings. The van der Waals surface area contributed by atoms with Crippen molar-refractivity contribution in [2.24, 2.45) is 0 Å². The van der Waals surface area contributed by atoms with Crippen molar-refractivity contribution in [1.82, 2.24) is 20.0 Å². The van der Waals surface area contributed by atoms with Crippen LogP contribution < -0.4 is 16.2 Å². The lowest BCUT2D eigenvalue weighted by Crippen LogP contribution is -2.35. The number of carbonyl (C=O) groups excluding carboxylic acids is 1.